The minimum absolute atomic E-state index is 0.0681. The highest BCUT2D eigenvalue weighted by Crippen LogP contribution is 2.30. The fraction of sp³-hybridized carbons (Fsp3) is 0.533. The molecule has 0 spiro atoms. The van der Waals surface area contributed by atoms with Crippen LogP contribution in [0.4, 0.5) is 5.69 Å². The predicted octanol–water partition coefficient (Wildman–Crippen LogP) is 3.68. The predicted molar refractivity (Wildman–Crippen MR) is 75.4 cm³/mol. The lowest BCUT2D eigenvalue weighted by molar-refractivity contribution is -0.116. The Balaban J connectivity index is 1.72. The zero-order valence-electron chi connectivity index (χ0n) is 10.9. The molecule has 102 valence electrons. The lowest BCUT2D eigenvalue weighted by atomic mass is 10.0. The van der Waals surface area contributed by atoms with Crippen LogP contribution >= 0.6 is 11.6 Å². The average molecular weight is 280 g/mol. The van der Waals surface area contributed by atoms with Crippen molar-refractivity contribution in [2.45, 2.75) is 51.2 Å². The molecule has 1 aromatic carbocycles. The van der Waals surface area contributed by atoms with Crippen molar-refractivity contribution in [3.8, 4) is 0 Å². The van der Waals surface area contributed by atoms with E-state index >= 15 is 0 Å². The number of hydrogen-bond donors (Lipinski definition) is 1. The Bertz CT molecular complexity index is 495. The highest BCUT2D eigenvalue weighted by molar-refractivity contribution is 6.31. The second-order valence-corrected chi connectivity index (χ2v) is 5.77. The second-order valence-electron chi connectivity index (χ2n) is 5.37. The fourth-order valence-electron chi connectivity index (χ4n) is 2.83. The smallest absolute Gasteiger partial charge is 0.224 e. The molecule has 19 heavy (non-hydrogen) atoms. The van der Waals surface area contributed by atoms with Crippen molar-refractivity contribution in [3.63, 3.8) is 0 Å². The molecule has 0 radical (unpaired) electrons. The zero-order chi connectivity index (χ0) is 13.2. The van der Waals surface area contributed by atoms with Gasteiger partial charge in [-0.05, 0) is 42.5 Å². The molecular weight excluding hydrogens is 262 g/mol. The molecule has 1 heterocycles. The molecule has 1 aromatic rings. The van der Waals surface area contributed by atoms with E-state index in [4.69, 9.17) is 16.3 Å². The summed E-state index contributed by atoms with van der Waals surface area (Å²) in [7, 11) is 0. The molecule has 3 nitrogen and oxygen atoms in total. The summed E-state index contributed by atoms with van der Waals surface area (Å²) in [6.45, 7) is 0.574. The van der Waals surface area contributed by atoms with Gasteiger partial charge in [0, 0.05) is 17.1 Å². The second kappa shape index (κ2) is 5.51. The van der Waals surface area contributed by atoms with E-state index in [1.54, 1.807) is 0 Å². The molecule has 0 aromatic heterocycles. The number of nitrogens with one attached hydrogen (secondary N) is 1. The number of amides is 1. The minimum atomic E-state index is 0.0681. The summed E-state index contributed by atoms with van der Waals surface area (Å²) in [4.78, 5) is 11.3. The number of carbonyl (C=O) groups excluding carboxylic acids is 1. The number of halogens is 1. The molecule has 0 bridgehead atoms. The van der Waals surface area contributed by atoms with Crippen molar-refractivity contribution in [1.82, 2.24) is 0 Å². The molecule has 1 amide bonds. The summed E-state index contributed by atoms with van der Waals surface area (Å²) >= 11 is 6.26. The summed E-state index contributed by atoms with van der Waals surface area (Å²) < 4.78 is 5.91. The van der Waals surface area contributed by atoms with Gasteiger partial charge in [0.05, 0.1) is 12.7 Å². The van der Waals surface area contributed by atoms with Crippen LogP contribution in [0.1, 0.15) is 43.2 Å². The van der Waals surface area contributed by atoms with E-state index in [1.165, 1.54) is 25.7 Å². The highest BCUT2D eigenvalue weighted by atomic mass is 35.5. The van der Waals surface area contributed by atoms with Crippen LogP contribution in [0.5, 0.6) is 0 Å². The molecule has 1 N–H and O–H groups in total. The van der Waals surface area contributed by atoms with E-state index < -0.39 is 0 Å². The van der Waals surface area contributed by atoms with Gasteiger partial charge >= 0.3 is 0 Å². The number of hydrogen-bond acceptors (Lipinski definition) is 2. The quantitative estimate of drug-likeness (QED) is 0.916. The number of rotatable bonds is 3. The van der Waals surface area contributed by atoms with Crippen LogP contribution in [0, 0.1) is 0 Å². The first kappa shape index (κ1) is 12.9. The van der Waals surface area contributed by atoms with E-state index in [-0.39, 0.29) is 5.91 Å². The van der Waals surface area contributed by atoms with Gasteiger partial charge in [-0.25, -0.2) is 0 Å². The number of benzene rings is 1. The van der Waals surface area contributed by atoms with Crippen LogP contribution in [-0.4, -0.2) is 12.0 Å². The molecule has 1 aliphatic carbocycles. The molecule has 0 atom stereocenters. The lowest BCUT2D eigenvalue weighted by Crippen LogP contribution is -2.19. The van der Waals surface area contributed by atoms with Crippen molar-refractivity contribution in [2.75, 3.05) is 5.32 Å². The maximum Gasteiger partial charge on any atom is 0.224 e. The number of fused-ring (bicyclic) bond motifs is 1. The summed E-state index contributed by atoms with van der Waals surface area (Å²) in [5.74, 6) is 0.0681. The van der Waals surface area contributed by atoms with Gasteiger partial charge in [0.15, 0.2) is 0 Å². The van der Waals surface area contributed by atoms with E-state index in [0.717, 1.165) is 23.2 Å². The van der Waals surface area contributed by atoms with Crippen LogP contribution < -0.4 is 5.32 Å². The minimum Gasteiger partial charge on any atom is -0.373 e. The van der Waals surface area contributed by atoms with E-state index in [0.29, 0.717) is 24.2 Å². The molecule has 0 unspecified atom stereocenters. The number of anilines is 1. The van der Waals surface area contributed by atoms with E-state index in [1.807, 2.05) is 6.07 Å². The van der Waals surface area contributed by atoms with Gasteiger partial charge in [-0.15, -0.1) is 0 Å². The largest absolute Gasteiger partial charge is 0.373 e. The zero-order valence-corrected chi connectivity index (χ0v) is 11.6. The monoisotopic (exact) mass is 279 g/mol. The van der Waals surface area contributed by atoms with Gasteiger partial charge in [0.1, 0.15) is 0 Å². The summed E-state index contributed by atoms with van der Waals surface area (Å²) in [6, 6.07) is 3.92. The lowest BCUT2D eigenvalue weighted by Gasteiger charge is -2.19. The van der Waals surface area contributed by atoms with Crippen molar-refractivity contribution in [3.05, 3.63) is 28.3 Å². The standard InChI is InChI=1S/C15H18ClNO2/c16-13-8-14-10(5-6-15(18)17-14)7-11(13)9-19-12-3-1-2-4-12/h7-8,12H,1-6,9H2,(H,17,18). The van der Waals surface area contributed by atoms with Crippen molar-refractivity contribution in [2.24, 2.45) is 0 Å². The third kappa shape index (κ3) is 2.93. The third-order valence-electron chi connectivity index (χ3n) is 3.94. The molecule has 4 heteroatoms. The van der Waals surface area contributed by atoms with Crippen LogP contribution in [0.3, 0.4) is 0 Å². The maximum atomic E-state index is 11.3. The molecule has 1 aliphatic heterocycles. The number of aryl methyl sites for hydroxylation is 1. The van der Waals surface area contributed by atoms with Crippen LogP contribution in [0.2, 0.25) is 5.02 Å². The van der Waals surface area contributed by atoms with Gasteiger partial charge in [-0.2, -0.15) is 0 Å². The van der Waals surface area contributed by atoms with E-state index in [2.05, 4.69) is 11.4 Å². The summed E-state index contributed by atoms with van der Waals surface area (Å²) in [5.41, 5.74) is 3.04. The molecule has 0 saturated heterocycles. The van der Waals surface area contributed by atoms with Crippen LogP contribution in [0.25, 0.3) is 0 Å². The first-order valence-electron chi connectivity index (χ1n) is 6.95. The van der Waals surface area contributed by atoms with Gasteiger partial charge in [-0.1, -0.05) is 24.4 Å². The first-order valence-corrected chi connectivity index (χ1v) is 7.33. The topological polar surface area (TPSA) is 38.3 Å². The first-order chi connectivity index (χ1) is 9.22. The maximum absolute atomic E-state index is 11.3. The van der Waals surface area contributed by atoms with Crippen molar-refractivity contribution >= 4 is 23.2 Å². The molecule has 3 rings (SSSR count). The number of carbonyl (C=O) groups is 1. The van der Waals surface area contributed by atoms with Gasteiger partial charge in [-0.3, -0.25) is 4.79 Å². The Morgan fingerprint density at radius 3 is 2.84 bits per heavy atom. The number of ether oxygens (including phenoxy) is 1. The SMILES string of the molecule is O=C1CCc2cc(COC3CCCC3)c(Cl)cc2N1. The normalized spacial score (nSPS) is 19.3. The van der Waals surface area contributed by atoms with Gasteiger partial charge < -0.3 is 10.1 Å². The average Bonchev–Trinajstić information content (AvgIpc) is 2.89. The Kier molecular flexibility index (Phi) is 3.76. The van der Waals surface area contributed by atoms with Gasteiger partial charge in [0.2, 0.25) is 5.91 Å². The fourth-order valence-corrected chi connectivity index (χ4v) is 3.04. The Labute approximate surface area is 118 Å². The summed E-state index contributed by atoms with van der Waals surface area (Å²) in [6.07, 6.45) is 6.61. The molecule has 1 saturated carbocycles. The summed E-state index contributed by atoms with van der Waals surface area (Å²) in [5, 5.41) is 3.54. The van der Waals surface area contributed by atoms with Crippen LogP contribution in [0.15, 0.2) is 12.1 Å². The Hall–Kier alpha value is -1.06. The highest BCUT2D eigenvalue weighted by Gasteiger charge is 2.19. The Morgan fingerprint density at radius 2 is 2.05 bits per heavy atom. The van der Waals surface area contributed by atoms with Crippen molar-refractivity contribution < 1.29 is 9.53 Å². The third-order valence-corrected chi connectivity index (χ3v) is 4.30. The molecule has 1 fully saturated rings. The molecule has 2 aliphatic rings. The van der Waals surface area contributed by atoms with Crippen LogP contribution in [-0.2, 0) is 22.6 Å². The van der Waals surface area contributed by atoms with Gasteiger partial charge in [0.25, 0.3) is 0 Å². The molecular formula is C15H18ClNO2. The Morgan fingerprint density at radius 1 is 1.26 bits per heavy atom. The van der Waals surface area contributed by atoms with E-state index in [9.17, 15) is 4.79 Å². The van der Waals surface area contributed by atoms with Crippen molar-refractivity contribution in [1.29, 1.82) is 0 Å².